The summed E-state index contributed by atoms with van der Waals surface area (Å²) in [5, 5.41) is 12.0. The van der Waals surface area contributed by atoms with Crippen LogP contribution in [0.25, 0.3) is 5.82 Å². The van der Waals surface area contributed by atoms with Gasteiger partial charge in [0.1, 0.15) is 5.75 Å². The Morgan fingerprint density at radius 2 is 1.83 bits per heavy atom. The highest BCUT2D eigenvalue weighted by atomic mass is 35.5. The first-order chi connectivity index (χ1) is 14.6. The van der Waals surface area contributed by atoms with Crippen molar-refractivity contribution in [2.24, 2.45) is 0 Å². The standard InChI is InChI=1S/C22H20ClN5O2/c1-30-19-6-4-5-17(13-19)14-24-21(29)20-22(27-11-2-3-12-27)28(26-25-20)15-16-7-9-18(23)10-8-16/h2-13H,14-15H2,1H3,(H,24,29). The normalized spacial score (nSPS) is 10.7. The maximum absolute atomic E-state index is 12.9. The van der Waals surface area contributed by atoms with Crippen molar-refractivity contribution in [2.75, 3.05) is 7.11 Å². The summed E-state index contributed by atoms with van der Waals surface area (Å²) in [6.45, 7) is 0.812. The van der Waals surface area contributed by atoms with E-state index in [0.29, 0.717) is 23.9 Å². The van der Waals surface area contributed by atoms with Crippen LogP contribution >= 0.6 is 11.6 Å². The monoisotopic (exact) mass is 421 g/mol. The van der Waals surface area contributed by atoms with E-state index in [0.717, 1.165) is 16.9 Å². The van der Waals surface area contributed by atoms with E-state index in [9.17, 15) is 4.79 Å². The first-order valence-electron chi connectivity index (χ1n) is 9.36. The summed E-state index contributed by atoms with van der Waals surface area (Å²) in [5.74, 6) is 1.03. The molecule has 1 amide bonds. The molecule has 0 saturated carbocycles. The molecule has 4 aromatic rings. The van der Waals surface area contributed by atoms with Crippen molar-refractivity contribution in [1.82, 2.24) is 24.9 Å². The van der Waals surface area contributed by atoms with E-state index in [1.54, 1.807) is 11.8 Å². The molecule has 0 aliphatic carbocycles. The first kappa shape index (κ1) is 19.7. The summed E-state index contributed by atoms with van der Waals surface area (Å²) in [4.78, 5) is 12.9. The van der Waals surface area contributed by atoms with Gasteiger partial charge in [-0.3, -0.25) is 4.79 Å². The molecule has 0 fully saturated rings. The molecule has 0 aliphatic heterocycles. The van der Waals surface area contributed by atoms with E-state index in [-0.39, 0.29) is 11.6 Å². The van der Waals surface area contributed by atoms with Gasteiger partial charge >= 0.3 is 0 Å². The molecule has 0 unspecified atom stereocenters. The molecule has 0 saturated heterocycles. The van der Waals surface area contributed by atoms with Crippen LogP contribution in [-0.2, 0) is 13.1 Å². The van der Waals surface area contributed by atoms with Crippen LogP contribution in [-0.4, -0.2) is 32.6 Å². The van der Waals surface area contributed by atoms with Gasteiger partial charge in [0, 0.05) is 24.0 Å². The van der Waals surface area contributed by atoms with Gasteiger partial charge < -0.3 is 14.6 Å². The lowest BCUT2D eigenvalue weighted by molar-refractivity contribution is 0.0945. The van der Waals surface area contributed by atoms with Crippen molar-refractivity contribution >= 4 is 17.5 Å². The number of carbonyl (C=O) groups excluding carboxylic acids is 1. The molecule has 0 spiro atoms. The Morgan fingerprint density at radius 3 is 2.57 bits per heavy atom. The zero-order valence-electron chi connectivity index (χ0n) is 16.3. The highest BCUT2D eigenvalue weighted by Gasteiger charge is 2.21. The third kappa shape index (κ3) is 4.36. The molecule has 1 N–H and O–H groups in total. The Bertz CT molecular complexity index is 1140. The van der Waals surface area contributed by atoms with Gasteiger partial charge in [-0.25, -0.2) is 4.68 Å². The summed E-state index contributed by atoms with van der Waals surface area (Å²) in [7, 11) is 1.61. The van der Waals surface area contributed by atoms with Gasteiger partial charge in [0.2, 0.25) is 0 Å². The molecule has 152 valence electrons. The van der Waals surface area contributed by atoms with Crippen molar-refractivity contribution in [3.8, 4) is 11.6 Å². The van der Waals surface area contributed by atoms with Crippen molar-refractivity contribution in [2.45, 2.75) is 13.1 Å². The van der Waals surface area contributed by atoms with Gasteiger partial charge in [-0.1, -0.05) is 41.1 Å². The highest BCUT2D eigenvalue weighted by Crippen LogP contribution is 2.17. The van der Waals surface area contributed by atoms with Crippen LogP contribution < -0.4 is 10.1 Å². The fourth-order valence-corrected chi connectivity index (χ4v) is 3.23. The minimum absolute atomic E-state index is 0.253. The maximum Gasteiger partial charge on any atom is 0.276 e. The Labute approximate surface area is 178 Å². The molecule has 7 nitrogen and oxygen atoms in total. The third-order valence-corrected chi connectivity index (χ3v) is 4.86. The molecule has 0 bridgehead atoms. The zero-order valence-corrected chi connectivity index (χ0v) is 17.1. The largest absolute Gasteiger partial charge is 0.497 e. The second-order valence-corrected chi connectivity index (χ2v) is 7.11. The van der Waals surface area contributed by atoms with Gasteiger partial charge in [-0.05, 0) is 47.5 Å². The van der Waals surface area contributed by atoms with Crippen LogP contribution in [0.2, 0.25) is 5.02 Å². The van der Waals surface area contributed by atoms with Crippen molar-refractivity contribution in [1.29, 1.82) is 0 Å². The minimum atomic E-state index is -0.302. The van der Waals surface area contributed by atoms with Crippen molar-refractivity contribution in [3.05, 3.63) is 94.9 Å². The van der Waals surface area contributed by atoms with Gasteiger partial charge in [0.25, 0.3) is 5.91 Å². The van der Waals surface area contributed by atoms with Gasteiger partial charge in [-0.2, -0.15) is 0 Å². The minimum Gasteiger partial charge on any atom is -0.497 e. The number of methoxy groups -OCH3 is 1. The predicted molar refractivity (Wildman–Crippen MR) is 114 cm³/mol. The summed E-state index contributed by atoms with van der Waals surface area (Å²) in [6.07, 6.45) is 3.71. The van der Waals surface area contributed by atoms with Crippen LogP contribution in [0.5, 0.6) is 5.75 Å². The highest BCUT2D eigenvalue weighted by molar-refractivity contribution is 6.30. The second kappa shape index (κ2) is 8.84. The number of carbonyl (C=O) groups is 1. The molecule has 8 heteroatoms. The molecule has 2 heterocycles. The van der Waals surface area contributed by atoms with E-state index in [1.165, 1.54) is 0 Å². The zero-order chi connectivity index (χ0) is 20.9. The Kier molecular flexibility index (Phi) is 5.81. The third-order valence-electron chi connectivity index (χ3n) is 4.61. The van der Waals surface area contributed by atoms with Crippen LogP contribution in [0.3, 0.4) is 0 Å². The quantitative estimate of drug-likeness (QED) is 0.493. The van der Waals surface area contributed by atoms with Gasteiger partial charge in [-0.15, -0.1) is 5.10 Å². The molecule has 0 atom stereocenters. The van der Waals surface area contributed by atoms with Crippen LogP contribution in [0.1, 0.15) is 21.6 Å². The van der Waals surface area contributed by atoms with E-state index in [4.69, 9.17) is 16.3 Å². The first-order valence-corrected chi connectivity index (χ1v) is 9.74. The molecular formula is C22H20ClN5O2. The lowest BCUT2D eigenvalue weighted by Crippen LogP contribution is -2.25. The lowest BCUT2D eigenvalue weighted by atomic mass is 10.2. The van der Waals surface area contributed by atoms with Gasteiger partial charge in [0.15, 0.2) is 11.5 Å². The molecule has 30 heavy (non-hydrogen) atoms. The Balaban J connectivity index is 1.58. The topological polar surface area (TPSA) is 74.0 Å². The van der Waals surface area contributed by atoms with Crippen molar-refractivity contribution in [3.63, 3.8) is 0 Å². The SMILES string of the molecule is COc1cccc(CNC(=O)c2nnn(Cc3ccc(Cl)cc3)c2-n2cccc2)c1. The lowest BCUT2D eigenvalue weighted by Gasteiger charge is -2.10. The smallest absolute Gasteiger partial charge is 0.276 e. The number of rotatable bonds is 7. The fraction of sp³-hybridized carbons (Fsp3) is 0.136. The number of halogens is 1. The van der Waals surface area contributed by atoms with Crippen molar-refractivity contribution < 1.29 is 9.53 Å². The molecular weight excluding hydrogens is 402 g/mol. The summed E-state index contributed by atoms with van der Waals surface area (Å²) < 4.78 is 8.76. The number of benzene rings is 2. The summed E-state index contributed by atoms with van der Waals surface area (Å²) in [5.41, 5.74) is 2.18. The second-order valence-electron chi connectivity index (χ2n) is 6.67. The summed E-state index contributed by atoms with van der Waals surface area (Å²) in [6, 6.07) is 18.8. The molecule has 2 aromatic carbocycles. The average Bonchev–Trinajstić information content (AvgIpc) is 3.43. The average molecular weight is 422 g/mol. The number of amides is 1. The number of hydrogen-bond acceptors (Lipinski definition) is 4. The van der Waals surface area contributed by atoms with Crippen LogP contribution in [0.4, 0.5) is 0 Å². The van der Waals surface area contributed by atoms with Crippen LogP contribution in [0.15, 0.2) is 73.1 Å². The molecule has 2 aromatic heterocycles. The number of aromatic nitrogens is 4. The number of hydrogen-bond donors (Lipinski definition) is 1. The Morgan fingerprint density at radius 1 is 1.07 bits per heavy atom. The van der Waals surface area contributed by atoms with E-state index in [1.807, 2.05) is 77.6 Å². The maximum atomic E-state index is 12.9. The van der Waals surface area contributed by atoms with E-state index >= 15 is 0 Å². The molecule has 0 aliphatic rings. The molecule has 0 radical (unpaired) electrons. The molecule has 4 rings (SSSR count). The van der Waals surface area contributed by atoms with Crippen LogP contribution in [0, 0.1) is 0 Å². The Hall–Kier alpha value is -3.58. The predicted octanol–water partition coefficient (Wildman–Crippen LogP) is 3.71. The number of nitrogens with one attached hydrogen (secondary N) is 1. The van der Waals surface area contributed by atoms with Gasteiger partial charge in [0.05, 0.1) is 13.7 Å². The fourth-order valence-electron chi connectivity index (χ4n) is 3.10. The number of nitrogens with zero attached hydrogens (tertiary/aromatic N) is 4. The summed E-state index contributed by atoms with van der Waals surface area (Å²) >= 11 is 5.98. The number of ether oxygens (including phenoxy) is 1. The van der Waals surface area contributed by atoms with E-state index in [2.05, 4.69) is 15.6 Å². The van der Waals surface area contributed by atoms with E-state index < -0.39 is 0 Å².